The van der Waals surface area contributed by atoms with Crippen LogP contribution in [0, 0.1) is 0 Å². The zero-order chi connectivity index (χ0) is 31.4. The molecule has 14 heteroatoms. The highest BCUT2D eigenvalue weighted by atomic mass is 32.2. The minimum atomic E-state index is -4.76. The summed E-state index contributed by atoms with van der Waals surface area (Å²) in [5.74, 6) is 1.08. The summed E-state index contributed by atoms with van der Waals surface area (Å²) in [7, 11) is 1.62. The van der Waals surface area contributed by atoms with Gasteiger partial charge in [-0.2, -0.15) is 4.99 Å². The number of hydrogen-bond acceptors (Lipinski definition) is 7. The first-order valence-electron chi connectivity index (χ1n) is 13.7. The van der Waals surface area contributed by atoms with Crippen molar-refractivity contribution in [3.63, 3.8) is 0 Å². The van der Waals surface area contributed by atoms with Crippen LogP contribution in [-0.2, 0) is 16.0 Å². The van der Waals surface area contributed by atoms with Crippen molar-refractivity contribution in [1.82, 2.24) is 25.0 Å². The molecule has 5 rings (SSSR count). The Hall–Kier alpha value is -4.59. The van der Waals surface area contributed by atoms with Gasteiger partial charge in [-0.1, -0.05) is 36.0 Å². The van der Waals surface area contributed by atoms with Gasteiger partial charge in [0.2, 0.25) is 5.91 Å². The molecule has 2 heterocycles. The van der Waals surface area contributed by atoms with Crippen molar-refractivity contribution < 1.29 is 32.2 Å². The number of ether oxygens (including phenoxy) is 2. The topological polar surface area (TPSA) is 111 Å². The maximum absolute atomic E-state index is 12.8. The smallest absolute Gasteiger partial charge is 0.501 e. The van der Waals surface area contributed by atoms with Gasteiger partial charge in [-0.3, -0.25) is 9.69 Å². The number of allylic oxidation sites excluding steroid dienone is 4. The monoisotopic (exact) mass is 626 g/mol. The summed E-state index contributed by atoms with van der Waals surface area (Å²) < 4.78 is 47.9. The lowest BCUT2D eigenvalue weighted by Gasteiger charge is -2.25. The summed E-state index contributed by atoms with van der Waals surface area (Å²) >= 11 is 1.24. The number of halogens is 3. The molecule has 1 aromatic heterocycles. The van der Waals surface area contributed by atoms with E-state index in [2.05, 4.69) is 25.1 Å². The largest absolute Gasteiger partial charge is 0.573 e. The number of carbonyl (C=O) groups excluding carboxylic acids is 2. The maximum atomic E-state index is 12.8. The number of benzene rings is 2. The van der Waals surface area contributed by atoms with Crippen molar-refractivity contribution >= 4 is 28.9 Å². The number of nitrogens with zero attached hydrogens (tertiary/aromatic N) is 5. The van der Waals surface area contributed by atoms with Gasteiger partial charge in [0.25, 0.3) is 0 Å². The molecule has 0 radical (unpaired) electrons. The summed E-state index contributed by atoms with van der Waals surface area (Å²) in [6, 6.07) is 12.1. The fraction of sp³-hybridized carbons (Fsp3) is 0.300. The molecule has 1 N–H and O–H groups in total. The van der Waals surface area contributed by atoms with Gasteiger partial charge < -0.3 is 14.8 Å². The predicted molar refractivity (Wildman–Crippen MR) is 159 cm³/mol. The Morgan fingerprint density at radius 3 is 2.52 bits per heavy atom. The molecule has 1 atom stereocenters. The van der Waals surface area contributed by atoms with Crippen LogP contribution in [0.5, 0.6) is 5.75 Å². The zero-order valence-corrected chi connectivity index (χ0v) is 24.9. The van der Waals surface area contributed by atoms with Gasteiger partial charge in [0.05, 0.1) is 24.3 Å². The lowest BCUT2D eigenvalue weighted by atomic mass is 10.0. The maximum Gasteiger partial charge on any atom is 0.573 e. The number of aromatic nitrogens is 3. The van der Waals surface area contributed by atoms with E-state index in [1.807, 2.05) is 44.2 Å². The highest BCUT2D eigenvalue weighted by Gasteiger charge is 2.34. The normalized spacial score (nSPS) is 17.1. The third-order valence-electron chi connectivity index (χ3n) is 6.89. The summed E-state index contributed by atoms with van der Waals surface area (Å²) in [4.78, 5) is 35.5. The molecule has 3 amide bonds. The Morgan fingerprint density at radius 2 is 1.86 bits per heavy atom. The highest BCUT2D eigenvalue weighted by molar-refractivity contribution is 8.15. The van der Waals surface area contributed by atoms with Crippen molar-refractivity contribution in [2.24, 2.45) is 4.99 Å². The van der Waals surface area contributed by atoms with Crippen molar-refractivity contribution in [1.29, 1.82) is 0 Å². The number of aliphatic imine (C=N–C) groups is 1. The van der Waals surface area contributed by atoms with Crippen molar-refractivity contribution in [2.45, 2.75) is 45.5 Å². The van der Waals surface area contributed by atoms with E-state index < -0.39 is 12.4 Å². The first-order valence-corrected chi connectivity index (χ1v) is 14.6. The molecular weight excluding hydrogens is 597 g/mol. The molecule has 230 valence electrons. The number of urea groups is 1. The van der Waals surface area contributed by atoms with Crippen LogP contribution < -0.4 is 10.1 Å². The number of methoxy groups -OCH3 is 1. The van der Waals surface area contributed by atoms with Gasteiger partial charge in [-0.15, -0.1) is 18.3 Å². The fourth-order valence-corrected chi connectivity index (χ4v) is 5.71. The summed E-state index contributed by atoms with van der Waals surface area (Å²) in [6.45, 7) is 3.78. The van der Waals surface area contributed by atoms with Crippen molar-refractivity contribution in [3.05, 3.63) is 83.5 Å². The lowest BCUT2D eigenvalue weighted by Crippen LogP contribution is -2.35. The van der Waals surface area contributed by atoms with Gasteiger partial charge in [-0.25, -0.2) is 14.5 Å². The van der Waals surface area contributed by atoms with Crippen LogP contribution in [0.3, 0.4) is 0 Å². The van der Waals surface area contributed by atoms with Crippen molar-refractivity contribution in [3.8, 4) is 22.8 Å². The minimum absolute atomic E-state index is 0.105. The standard InChI is InChI=1S/C30H29F3N6O4S/c1-18-14-24(42-3)12-13-25(18)39-26(40)16-44-29(39)36-28(41)35-19(2)15-20-4-6-21(7-5-20)27-34-17-38(37-27)22-8-10-23(11-9-22)43-30(31,32)33/h4-11,14,17,19H,12-13,15-16H2,1-3H3,(H,35,41). The molecule has 1 saturated heterocycles. The van der Waals surface area contributed by atoms with Gasteiger partial charge in [-0.05, 0) is 68.2 Å². The van der Waals surface area contributed by atoms with Crippen molar-refractivity contribution in [2.75, 3.05) is 12.9 Å². The van der Waals surface area contributed by atoms with E-state index in [1.54, 1.807) is 12.0 Å². The van der Waals surface area contributed by atoms with Gasteiger partial charge in [0, 0.05) is 23.7 Å². The van der Waals surface area contributed by atoms with Crippen LogP contribution >= 0.6 is 11.8 Å². The van der Waals surface area contributed by atoms with Crippen LogP contribution in [0.4, 0.5) is 18.0 Å². The van der Waals surface area contributed by atoms with E-state index in [1.165, 1.54) is 47.0 Å². The fourth-order valence-electron chi connectivity index (χ4n) is 4.84. The Bertz CT molecular complexity index is 1630. The number of carbonyl (C=O) groups is 2. The molecule has 1 fully saturated rings. The van der Waals surface area contributed by atoms with Gasteiger partial charge in [0.1, 0.15) is 12.1 Å². The highest BCUT2D eigenvalue weighted by Crippen LogP contribution is 2.33. The first-order chi connectivity index (χ1) is 21.0. The van der Waals surface area contributed by atoms with E-state index in [9.17, 15) is 22.8 Å². The molecule has 1 aliphatic heterocycles. The molecule has 3 aromatic rings. The summed E-state index contributed by atoms with van der Waals surface area (Å²) in [6.07, 6.45) is 0.441. The molecule has 2 aliphatic rings. The van der Waals surface area contributed by atoms with Crippen LogP contribution in [0.25, 0.3) is 17.1 Å². The number of thioether (sulfide) groups is 1. The molecule has 0 saturated carbocycles. The lowest BCUT2D eigenvalue weighted by molar-refractivity contribution is -0.274. The SMILES string of the molecule is COC1=CC(C)=C(N2C(=O)CSC2=NC(=O)NC(C)Cc2ccc(-c3ncn(-c4ccc(OC(F)(F)F)cc4)n3)cc2)CC1. The average Bonchev–Trinajstić information content (AvgIpc) is 3.60. The number of hydrogen-bond donors (Lipinski definition) is 1. The number of amides is 3. The predicted octanol–water partition coefficient (Wildman–Crippen LogP) is 6.00. The molecule has 44 heavy (non-hydrogen) atoms. The summed E-state index contributed by atoms with van der Waals surface area (Å²) in [5.41, 5.74) is 3.96. The second kappa shape index (κ2) is 13.0. The third-order valence-corrected chi connectivity index (χ3v) is 7.81. The molecule has 2 aromatic carbocycles. The van der Waals surface area contributed by atoms with E-state index in [0.717, 1.165) is 28.2 Å². The van der Waals surface area contributed by atoms with Crippen LogP contribution in [-0.4, -0.2) is 62.0 Å². The minimum Gasteiger partial charge on any atom is -0.501 e. The van der Waals surface area contributed by atoms with E-state index in [4.69, 9.17) is 4.74 Å². The second-order valence-corrected chi connectivity index (χ2v) is 11.1. The zero-order valence-electron chi connectivity index (χ0n) is 24.1. The van der Waals surface area contributed by atoms with E-state index in [-0.39, 0.29) is 23.5 Å². The quantitative estimate of drug-likeness (QED) is 0.326. The van der Waals surface area contributed by atoms with E-state index in [0.29, 0.717) is 35.9 Å². The molecule has 10 nitrogen and oxygen atoms in total. The number of rotatable bonds is 8. The molecular formula is C30H29F3N6O4S. The van der Waals surface area contributed by atoms with Gasteiger partial charge >= 0.3 is 12.4 Å². The second-order valence-electron chi connectivity index (χ2n) is 10.2. The van der Waals surface area contributed by atoms with Crippen LogP contribution in [0.1, 0.15) is 32.3 Å². The average molecular weight is 627 g/mol. The van der Waals surface area contributed by atoms with Gasteiger partial charge in [0.15, 0.2) is 11.0 Å². The summed E-state index contributed by atoms with van der Waals surface area (Å²) in [5, 5.41) is 7.67. The first kappa shape index (κ1) is 30.9. The van der Waals surface area contributed by atoms with E-state index >= 15 is 0 Å². The molecule has 1 unspecified atom stereocenters. The number of nitrogens with one attached hydrogen (secondary N) is 1. The Balaban J connectivity index is 1.18. The number of alkyl halides is 3. The third kappa shape index (κ3) is 7.48. The Labute approximate surface area is 255 Å². The Morgan fingerprint density at radius 1 is 1.14 bits per heavy atom. The number of amidine groups is 1. The molecule has 0 spiro atoms. The van der Waals surface area contributed by atoms with Crippen LogP contribution in [0.2, 0.25) is 0 Å². The Kier molecular flexibility index (Phi) is 9.09. The molecule has 0 bridgehead atoms. The van der Waals surface area contributed by atoms with Crippen LogP contribution in [0.15, 0.2) is 83.0 Å². The molecule has 1 aliphatic carbocycles.